The molecule has 0 saturated carbocycles. The van der Waals surface area contributed by atoms with E-state index in [-0.39, 0.29) is 0 Å². The van der Waals surface area contributed by atoms with E-state index in [2.05, 4.69) is 10.6 Å². The molecule has 1 amide bonds. The summed E-state index contributed by atoms with van der Waals surface area (Å²) in [5.74, 6) is -1.05. The molecule has 6 nitrogen and oxygen atoms in total. The van der Waals surface area contributed by atoms with Crippen LogP contribution in [0, 0.1) is 0 Å². The predicted molar refractivity (Wildman–Crippen MR) is 86.0 cm³/mol. The van der Waals surface area contributed by atoms with Crippen LogP contribution in [0.25, 0.3) is 5.70 Å². The highest BCUT2D eigenvalue weighted by molar-refractivity contribution is 6.50. The minimum atomic E-state index is -0.550. The lowest BCUT2D eigenvalue weighted by atomic mass is 9.93. The summed E-state index contributed by atoms with van der Waals surface area (Å²) in [7, 11) is 0. The van der Waals surface area contributed by atoms with Crippen LogP contribution in [0.3, 0.4) is 0 Å². The van der Waals surface area contributed by atoms with Crippen LogP contribution in [0.5, 0.6) is 0 Å². The summed E-state index contributed by atoms with van der Waals surface area (Å²) in [6.07, 6.45) is 0.793. The number of Topliss-reactive ketones (excluding diaryl/α,β-unsaturated/α-hetero) is 1. The highest BCUT2D eigenvalue weighted by Crippen LogP contribution is 2.22. The molecule has 1 aliphatic carbocycles. The first-order valence-electron chi connectivity index (χ1n) is 7.38. The quantitative estimate of drug-likeness (QED) is 0.655. The van der Waals surface area contributed by atoms with Gasteiger partial charge in [-0.15, -0.1) is 0 Å². The van der Waals surface area contributed by atoms with Crippen LogP contribution in [0.4, 0.5) is 4.79 Å². The molecule has 0 fully saturated rings. The summed E-state index contributed by atoms with van der Waals surface area (Å²) in [4.78, 5) is 35.1. The lowest BCUT2D eigenvalue weighted by molar-refractivity contribution is -0.111. The molecule has 0 heterocycles. The van der Waals surface area contributed by atoms with Gasteiger partial charge in [0.15, 0.2) is 0 Å². The van der Waals surface area contributed by atoms with Crippen LogP contribution in [0.2, 0.25) is 0 Å². The van der Waals surface area contributed by atoms with Crippen molar-refractivity contribution >= 4 is 23.4 Å². The molecule has 0 atom stereocenters. The van der Waals surface area contributed by atoms with E-state index in [0.717, 1.165) is 0 Å². The van der Waals surface area contributed by atoms with Crippen LogP contribution in [0.15, 0.2) is 30.3 Å². The van der Waals surface area contributed by atoms with Crippen molar-refractivity contribution < 1.29 is 19.1 Å². The highest BCUT2D eigenvalue weighted by atomic mass is 16.6. The van der Waals surface area contributed by atoms with Crippen molar-refractivity contribution in [3.8, 4) is 0 Å². The van der Waals surface area contributed by atoms with E-state index in [1.54, 1.807) is 45.0 Å². The van der Waals surface area contributed by atoms with Gasteiger partial charge in [-0.1, -0.05) is 24.3 Å². The van der Waals surface area contributed by atoms with Crippen LogP contribution in [0.1, 0.15) is 36.7 Å². The summed E-state index contributed by atoms with van der Waals surface area (Å²) >= 11 is 0. The van der Waals surface area contributed by atoms with Gasteiger partial charge in [0.2, 0.25) is 11.6 Å². The van der Waals surface area contributed by atoms with Gasteiger partial charge in [0.1, 0.15) is 5.60 Å². The molecule has 2 N–H and O–H groups in total. The number of alkyl carbamates (subject to hydrolysis) is 1. The summed E-state index contributed by atoms with van der Waals surface area (Å²) < 4.78 is 5.13. The second kappa shape index (κ2) is 6.64. The molecule has 0 unspecified atom stereocenters. The highest BCUT2D eigenvalue weighted by Gasteiger charge is 2.25. The van der Waals surface area contributed by atoms with E-state index in [0.29, 0.717) is 29.9 Å². The molecule has 0 aromatic heterocycles. The lowest BCUT2D eigenvalue weighted by Crippen LogP contribution is -2.36. The minimum Gasteiger partial charge on any atom is -0.444 e. The molecule has 0 bridgehead atoms. The second-order valence-corrected chi connectivity index (χ2v) is 6.15. The lowest BCUT2D eigenvalue weighted by Gasteiger charge is -2.20. The summed E-state index contributed by atoms with van der Waals surface area (Å²) in [6, 6.07) is 6.93. The SMILES string of the molecule is CC(C)(C)OC(=O)NCCNC1=CC(=O)C(=O)c2ccccc21. The van der Waals surface area contributed by atoms with Crippen LogP contribution >= 0.6 is 0 Å². The third-order valence-electron chi connectivity index (χ3n) is 3.07. The van der Waals surface area contributed by atoms with Crippen molar-refractivity contribution in [1.82, 2.24) is 10.6 Å². The Balaban J connectivity index is 1.91. The molecule has 6 heteroatoms. The van der Waals surface area contributed by atoms with Gasteiger partial charge >= 0.3 is 6.09 Å². The van der Waals surface area contributed by atoms with E-state index in [4.69, 9.17) is 4.74 Å². The molecule has 0 aliphatic heterocycles. The first kappa shape index (κ1) is 16.7. The number of hydrogen-bond acceptors (Lipinski definition) is 5. The fraction of sp³-hybridized carbons (Fsp3) is 0.353. The number of benzene rings is 1. The number of rotatable bonds is 4. The van der Waals surface area contributed by atoms with Gasteiger partial charge < -0.3 is 15.4 Å². The van der Waals surface area contributed by atoms with Gasteiger partial charge in [0.25, 0.3) is 0 Å². The van der Waals surface area contributed by atoms with Crippen molar-refractivity contribution in [3.63, 3.8) is 0 Å². The zero-order valence-corrected chi connectivity index (χ0v) is 13.4. The molecule has 1 aliphatic rings. The van der Waals surface area contributed by atoms with Crippen molar-refractivity contribution in [2.45, 2.75) is 26.4 Å². The smallest absolute Gasteiger partial charge is 0.407 e. The molecule has 23 heavy (non-hydrogen) atoms. The van der Waals surface area contributed by atoms with Gasteiger partial charge in [0.05, 0.1) is 0 Å². The minimum absolute atomic E-state index is 0.330. The fourth-order valence-corrected chi connectivity index (χ4v) is 2.15. The Morgan fingerprint density at radius 1 is 1.09 bits per heavy atom. The molecule has 1 aromatic carbocycles. The first-order valence-corrected chi connectivity index (χ1v) is 7.38. The van der Waals surface area contributed by atoms with Crippen molar-refractivity contribution in [3.05, 3.63) is 41.5 Å². The maximum atomic E-state index is 11.8. The number of nitrogens with one attached hydrogen (secondary N) is 2. The molecular weight excluding hydrogens is 296 g/mol. The average molecular weight is 316 g/mol. The summed E-state index contributed by atoms with van der Waals surface area (Å²) in [5.41, 5.74) is 1.11. The van der Waals surface area contributed by atoms with E-state index in [9.17, 15) is 14.4 Å². The van der Waals surface area contributed by atoms with Gasteiger partial charge in [-0.05, 0) is 20.8 Å². The Morgan fingerprint density at radius 3 is 2.39 bits per heavy atom. The normalized spacial score (nSPS) is 14.0. The Labute approximate surface area is 134 Å². The second-order valence-electron chi connectivity index (χ2n) is 6.15. The molecule has 0 radical (unpaired) electrons. The van der Waals surface area contributed by atoms with Gasteiger partial charge in [-0.2, -0.15) is 0 Å². The molecule has 1 aromatic rings. The predicted octanol–water partition coefficient (Wildman–Crippen LogP) is 1.91. The maximum absolute atomic E-state index is 11.8. The van der Waals surface area contributed by atoms with Crippen LogP contribution < -0.4 is 10.6 Å². The Kier molecular flexibility index (Phi) is 4.83. The van der Waals surface area contributed by atoms with Crippen molar-refractivity contribution in [1.29, 1.82) is 0 Å². The van der Waals surface area contributed by atoms with Gasteiger partial charge in [-0.25, -0.2) is 4.79 Å². The van der Waals surface area contributed by atoms with Crippen molar-refractivity contribution in [2.24, 2.45) is 0 Å². The van der Waals surface area contributed by atoms with Gasteiger partial charge in [-0.3, -0.25) is 9.59 Å². The molecule has 0 saturated heterocycles. The topological polar surface area (TPSA) is 84.5 Å². The number of fused-ring (bicyclic) bond motifs is 1. The maximum Gasteiger partial charge on any atom is 0.407 e. The monoisotopic (exact) mass is 316 g/mol. The zero-order chi connectivity index (χ0) is 17.0. The van der Waals surface area contributed by atoms with E-state index in [1.807, 2.05) is 0 Å². The largest absolute Gasteiger partial charge is 0.444 e. The Bertz CT molecular complexity index is 671. The number of carbonyl (C=O) groups is 3. The molecule has 122 valence electrons. The fourth-order valence-electron chi connectivity index (χ4n) is 2.15. The summed E-state index contributed by atoms with van der Waals surface area (Å²) in [6.45, 7) is 6.10. The molecule has 0 spiro atoms. The number of carbonyl (C=O) groups excluding carboxylic acids is 3. The number of allylic oxidation sites excluding steroid dienone is 1. The third kappa shape index (κ3) is 4.42. The van der Waals surface area contributed by atoms with E-state index < -0.39 is 23.3 Å². The number of ketones is 2. The van der Waals surface area contributed by atoms with E-state index in [1.165, 1.54) is 6.08 Å². The standard InChI is InChI=1S/C17H20N2O4/c1-17(2,3)23-16(22)19-9-8-18-13-10-14(20)15(21)12-7-5-4-6-11(12)13/h4-7,10,18H,8-9H2,1-3H3,(H,19,22). The van der Waals surface area contributed by atoms with Crippen LogP contribution in [-0.4, -0.2) is 36.4 Å². The number of hydrogen-bond donors (Lipinski definition) is 2. The van der Waals surface area contributed by atoms with Crippen LogP contribution in [-0.2, 0) is 9.53 Å². The number of amides is 1. The zero-order valence-electron chi connectivity index (χ0n) is 13.4. The number of ether oxygens (including phenoxy) is 1. The first-order chi connectivity index (χ1) is 10.8. The Hall–Kier alpha value is -2.63. The van der Waals surface area contributed by atoms with E-state index >= 15 is 0 Å². The van der Waals surface area contributed by atoms with Gasteiger partial charge in [0, 0.05) is 36.0 Å². The average Bonchev–Trinajstić information content (AvgIpc) is 2.46. The molecule has 2 rings (SSSR count). The third-order valence-corrected chi connectivity index (χ3v) is 3.07. The summed E-state index contributed by atoms with van der Waals surface area (Å²) in [5, 5.41) is 5.68. The molecular formula is C17H20N2O4. The van der Waals surface area contributed by atoms with Crippen molar-refractivity contribution in [2.75, 3.05) is 13.1 Å². The Morgan fingerprint density at radius 2 is 1.74 bits per heavy atom.